The van der Waals surface area contributed by atoms with Gasteiger partial charge in [-0.1, -0.05) is 18.2 Å². The summed E-state index contributed by atoms with van der Waals surface area (Å²) in [5, 5.41) is 12.5. The molecule has 4 nitrogen and oxygen atoms in total. The van der Waals surface area contributed by atoms with Crippen LogP contribution in [-0.4, -0.2) is 30.3 Å². The lowest BCUT2D eigenvalue weighted by Gasteiger charge is -2.14. The zero-order chi connectivity index (χ0) is 13.5. The molecule has 2 unspecified atom stereocenters. The molecule has 0 radical (unpaired) electrons. The van der Waals surface area contributed by atoms with E-state index >= 15 is 0 Å². The number of ether oxygens (including phenoxy) is 1. The second-order valence-corrected chi connectivity index (χ2v) is 4.91. The Morgan fingerprint density at radius 1 is 1.32 bits per heavy atom. The van der Waals surface area contributed by atoms with E-state index < -0.39 is 6.10 Å². The number of aliphatic hydroxyl groups excluding tert-OH is 1. The van der Waals surface area contributed by atoms with E-state index in [0.29, 0.717) is 13.2 Å². The van der Waals surface area contributed by atoms with Crippen molar-refractivity contribution >= 4 is 5.91 Å². The molecule has 1 aromatic carbocycles. The predicted molar refractivity (Wildman–Crippen MR) is 72.9 cm³/mol. The number of carbonyl (C=O) groups is 1. The highest BCUT2D eigenvalue weighted by Crippen LogP contribution is 2.25. The third-order valence-electron chi connectivity index (χ3n) is 3.45. The fourth-order valence-electron chi connectivity index (χ4n) is 2.37. The monoisotopic (exact) mass is 263 g/mol. The van der Waals surface area contributed by atoms with Gasteiger partial charge in [0.25, 0.3) is 0 Å². The Labute approximate surface area is 113 Å². The molecule has 1 fully saturated rings. The topological polar surface area (TPSA) is 58.6 Å². The zero-order valence-corrected chi connectivity index (χ0v) is 11.0. The summed E-state index contributed by atoms with van der Waals surface area (Å²) in [5.74, 6) is 0.611. The van der Waals surface area contributed by atoms with Crippen LogP contribution in [0, 0.1) is 5.92 Å². The fraction of sp³-hybridized carbons (Fsp3) is 0.533. The van der Waals surface area contributed by atoms with Crippen molar-refractivity contribution in [2.75, 3.05) is 13.2 Å². The van der Waals surface area contributed by atoms with Crippen molar-refractivity contribution in [2.24, 2.45) is 5.92 Å². The molecule has 0 aliphatic heterocycles. The van der Waals surface area contributed by atoms with E-state index in [1.54, 1.807) is 0 Å². The number of amides is 1. The van der Waals surface area contributed by atoms with Gasteiger partial charge in [0.1, 0.15) is 5.75 Å². The molecule has 0 bridgehead atoms. The summed E-state index contributed by atoms with van der Waals surface area (Å²) < 4.78 is 5.53. The van der Waals surface area contributed by atoms with E-state index in [2.05, 4.69) is 5.32 Å². The first-order valence-corrected chi connectivity index (χ1v) is 6.91. The molecule has 1 saturated carbocycles. The molecule has 0 spiro atoms. The van der Waals surface area contributed by atoms with Gasteiger partial charge >= 0.3 is 0 Å². The molecule has 1 amide bonds. The van der Waals surface area contributed by atoms with Gasteiger partial charge in [-0.3, -0.25) is 4.79 Å². The van der Waals surface area contributed by atoms with Crippen molar-refractivity contribution in [2.45, 2.75) is 31.8 Å². The minimum atomic E-state index is -0.458. The lowest BCUT2D eigenvalue weighted by molar-refractivity contribution is -0.127. The number of aliphatic hydroxyl groups is 1. The van der Waals surface area contributed by atoms with Crippen LogP contribution < -0.4 is 10.1 Å². The summed E-state index contributed by atoms with van der Waals surface area (Å²) in [6.07, 6.45) is 2.79. The van der Waals surface area contributed by atoms with E-state index in [4.69, 9.17) is 4.74 Å². The molecule has 2 atom stereocenters. The summed E-state index contributed by atoms with van der Waals surface area (Å²) in [4.78, 5) is 11.8. The average Bonchev–Trinajstić information content (AvgIpc) is 2.86. The molecular formula is C15H21NO3. The number of para-hydroxylation sites is 1. The Kier molecular flexibility index (Phi) is 5.21. The Balaban J connectivity index is 1.58. The number of nitrogens with one attached hydrogen (secondary N) is 1. The lowest BCUT2D eigenvalue weighted by Crippen LogP contribution is -2.35. The molecule has 0 saturated heterocycles. The van der Waals surface area contributed by atoms with Gasteiger partial charge in [0.15, 0.2) is 0 Å². The van der Waals surface area contributed by atoms with Gasteiger partial charge in [0.05, 0.1) is 18.6 Å². The van der Waals surface area contributed by atoms with Crippen molar-refractivity contribution < 1.29 is 14.6 Å². The molecule has 1 aliphatic carbocycles. The van der Waals surface area contributed by atoms with Gasteiger partial charge in [0.2, 0.25) is 5.91 Å². The van der Waals surface area contributed by atoms with Crippen LogP contribution >= 0.6 is 0 Å². The summed E-state index contributed by atoms with van der Waals surface area (Å²) in [7, 11) is 0. The number of rotatable bonds is 6. The van der Waals surface area contributed by atoms with Crippen LogP contribution in [0.25, 0.3) is 0 Å². The molecule has 1 aliphatic rings. The minimum Gasteiger partial charge on any atom is -0.494 e. The Morgan fingerprint density at radius 2 is 2.11 bits per heavy atom. The molecule has 1 aromatic rings. The minimum absolute atomic E-state index is 0.0234. The third-order valence-corrected chi connectivity index (χ3v) is 3.45. The SMILES string of the molecule is O=C(NCCCOc1ccccc1)C1CCCC1O. The Morgan fingerprint density at radius 3 is 2.79 bits per heavy atom. The van der Waals surface area contributed by atoms with Crippen LogP contribution in [0.5, 0.6) is 5.75 Å². The molecule has 2 rings (SSSR count). The van der Waals surface area contributed by atoms with Crippen LogP contribution in [0.4, 0.5) is 0 Å². The van der Waals surface area contributed by atoms with E-state index in [1.165, 1.54) is 0 Å². The molecule has 2 N–H and O–H groups in total. The highest BCUT2D eigenvalue weighted by atomic mass is 16.5. The van der Waals surface area contributed by atoms with E-state index in [-0.39, 0.29) is 11.8 Å². The van der Waals surface area contributed by atoms with Crippen LogP contribution in [0.1, 0.15) is 25.7 Å². The number of hydrogen-bond acceptors (Lipinski definition) is 3. The van der Waals surface area contributed by atoms with Gasteiger partial charge in [-0.05, 0) is 37.8 Å². The van der Waals surface area contributed by atoms with Crippen molar-refractivity contribution in [3.63, 3.8) is 0 Å². The lowest BCUT2D eigenvalue weighted by atomic mass is 10.1. The second kappa shape index (κ2) is 7.14. The largest absolute Gasteiger partial charge is 0.494 e. The fourth-order valence-corrected chi connectivity index (χ4v) is 2.37. The van der Waals surface area contributed by atoms with Crippen LogP contribution in [0.2, 0.25) is 0 Å². The first-order chi connectivity index (χ1) is 9.27. The smallest absolute Gasteiger partial charge is 0.225 e. The summed E-state index contributed by atoms with van der Waals surface area (Å²) in [5.41, 5.74) is 0. The summed E-state index contributed by atoms with van der Waals surface area (Å²) >= 11 is 0. The van der Waals surface area contributed by atoms with Crippen molar-refractivity contribution in [3.8, 4) is 5.75 Å². The van der Waals surface area contributed by atoms with Gasteiger partial charge in [-0.15, -0.1) is 0 Å². The molecule has 19 heavy (non-hydrogen) atoms. The first-order valence-electron chi connectivity index (χ1n) is 6.91. The number of hydrogen-bond donors (Lipinski definition) is 2. The van der Waals surface area contributed by atoms with Crippen molar-refractivity contribution in [1.82, 2.24) is 5.32 Å². The van der Waals surface area contributed by atoms with Crippen LogP contribution in [0.15, 0.2) is 30.3 Å². The van der Waals surface area contributed by atoms with Gasteiger partial charge in [0, 0.05) is 6.54 Å². The first kappa shape index (κ1) is 13.9. The van der Waals surface area contributed by atoms with Crippen molar-refractivity contribution in [1.29, 1.82) is 0 Å². The maximum Gasteiger partial charge on any atom is 0.225 e. The molecular weight excluding hydrogens is 242 g/mol. The summed E-state index contributed by atoms with van der Waals surface area (Å²) in [6, 6.07) is 9.62. The highest BCUT2D eigenvalue weighted by Gasteiger charge is 2.30. The maximum absolute atomic E-state index is 11.8. The maximum atomic E-state index is 11.8. The van der Waals surface area contributed by atoms with E-state index in [1.807, 2.05) is 30.3 Å². The van der Waals surface area contributed by atoms with Gasteiger partial charge < -0.3 is 15.2 Å². The highest BCUT2D eigenvalue weighted by molar-refractivity contribution is 5.79. The molecule has 4 heteroatoms. The quantitative estimate of drug-likeness (QED) is 0.768. The molecule has 0 heterocycles. The Bertz CT molecular complexity index is 394. The normalized spacial score (nSPS) is 22.2. The third kappa shape index (κ3) is 4.24. The standard InChI is InChI=1S/C15H21NO3/c17-14-9-4-8-13(14)15(18)16-10-5-11-19-12-6-2-1-3-7-12/h1-3,6-7,13-14,17H,4-5,8-11H2,(H,16,18). The average molecular weight is 263 g/mol. The second-order valence-electron chi connectivity index (χ2n) is 4.91. The predicted octanol–water partition coefficient (Wildman–Crippen LogP) is 1.73. The van der Waals surface area contributed by atoms with Gasteiger partial charge in [-0.2, -0.15) is 0 Å². The van der Waals surface area contributed by atoms with Gasteiger partial charge in [-0.25, -0.2) is 0 Å². The molecule has 0 aromatic heterocycles. The van der Waals surface area contributed by atoms with E-state index in [0.717, 1.165) is 31.4 Å². The molecule has 104 valence electrons. The van der Waals surface area contributed by atoms with Crippen LogP contribution in [0.3, 0.4) is 0 Å². The number of carbonyl (C=O) groups excluding carboxylic acids is 1. The Hall–Kier alpha value is -1.55. The van der Waals surface area contributed by atoms with Crippen molar-refractivity contribution in [3.05, 3.63) is 30.3 Å². The number of benzene rings is 1. The zero-order valence-electron chi connectivity index (χ0n) is 11.0. The summed E-state index contributed by atoms with van der Waals surface area (Å²) in [6.45, 7) is 1.17. The van der Waals surface area contributed by atoms with Crippen LogP contribution in [-0.2, 0) is 4.79 Å². The van der Waals surface area contributed by atoms with E-state index in [9.17, 15) is 9.90 Å².